The molecule has 0 aliphatic rings. The van der Waals surface area contributed by atoms with Gasteiger partial charge in [0.25, 0.3) is 11.8 Å². The lowest BCUT2D eigenvalue weighted by Crippen LogP contribution is -2.37. The number of rotatable bonds is 7. The highest BCUT2D eigenvalue weighted by Gasteiger charge is 2.14. The molecule has 2 amide bonds. The Kier molecular flexibility index (Phi) is 7.58. The fraction of sp³-hybridized carbons (Fsp3) is 0.238. The van der Waals surface area contributed by atoms with Gasteiger partial charge >= 0.3 is 0 Å². The van der Waals surface area contributed by atoms with Gasteiger partial charge in [-0.15, -0.1) is 0 Å². The molecule has 0 unspecified atom stereocenters. The molecule has 0 saturated carbocycles. The number of aryl methyl sites for hydroxylation is 1. The molecule has 142 valence electrons. The van der Waals surface area contributed by atoms with Crippen LogP contribution in [0.3, 0.4) is 0 Å². The first kappa shape index (κ1) is 20.7. The van der Waals surface area contributed by atoms with Crippen molar-refractivity contribution in [1.29, 1.82) is 0 Å². The average Bonchev–Trinajstić information content (AvgIpc) is 2.63. The van der Waals surface area contributed by atoms with E-state index in [0.29, 0.717) is 23.7 Å². The van der Waals surface area contributed by atoms with Gasteiger partial charge in [0.15, 0.2) is 0 Å². The van der Waals surface area contributed by atoms with Crippen molar-refractivity contribution >= 4 is 29.5 Å². The minimum absolute atomic E-state index is 0.182. The maximum Gasteiger partial charge on any atom is 0.267 e. The molecule has 2 rings (SSSR count). The molecular weight excluding hydrogens is 362 g/mol. The van der Waals surface area contributed by atoms with Crippen molar-refractivity contribution in [2.75, 3.05) is 27.2 Å². The van der Waals surface area contributed by atoms with Crippen LogP contribution in [-0.4, -0.2) is 43.9 Å². The second kappa shape index (κ2) is 9.90. The van der Waals surface area contributed by atoms with Gasteiger partial charge in [0.05, 0.1) is 0 Å². The van der Waals surface area contributed by atoms with Crippen LogP contribution in [0.15, 0.2) is 54.2 Å². The topological polar surface area (TPSA) is 61.4 Å². The van der Waals surface area contributed by atoms with E-state index in [2.05, 4.69) is 10.6 Å². The fourth-order valence-electron chi connectivity index (χ4n) is 2.27. The first-order valence-electron chi connectivity index (χ1n) is 8.63. The lowest BCUT2D eigenvalue weighted by molar-refractivity contribution is -0.117. The Labute approximate surface area is 165 Å². The van der Waals surface area contributed by atoms with Crippen LogP contribution in [-0.2, 0) is 4.79 Å². The fourth-order valence-corrected chi connectivity index (χ4v) is 2.40. The summed E-state index contributed by atoms with van der Waals surface area (Å²) >= 11 is 5.91. The van der Waals surface area contributed by atoms with Crippen LogP contribution in [0.25, 0.3) is 6.08 Å². The molecule has 0 atom stereocenters. The highest BCUT2D eigenvalue weighted by Crippen LogP contribution is 2.12. The summed E-state index contributed by atoms with van der Waals surface area (Å²) in [6, 6.07) is 14.2. The average molecular weight is 386 g/mol. The van der Waals surface area contributed by atoms with Crippen molar-refractivity contribution in [3.63, 3.8) is 0 Å². The van der Waals surface area contributed by atoms with E-state index >= 15 is 0 Å². The Bertz CT molecular complexity index is 812. The molecular formula is C21H24ClN3O2. The number of halogens is 1. The van der Waals surface area contributed by atoms with Crippen molar-refractivity contribution < 1.29 is 9.59 Å². The quantitative estimate of drug-likeness (QED) is 0.720. The summed E-state index contributed by atoms with van der Waals surface area (Å²) in [5.74, 6) is -0.676. The first-order valence-corrected chi connectivity index (χ1v) is 9.01. The van der Waals surface area contributed by atoms with Crippen LogP contribution in [0.1, 0.15) is 21.5 Å². The number of hydrogen-bond donors (Lipinski definition) is 2. The maximum absolute atomic E-state index is 12.6. The number of likely N-dealkylation sites (N-methyl/N-ethyl adjacent to an activating group) is 1. The van der Waals surface area contributed by atoms with E-state index in [0.717, 1.165) is 11.1 Å². The third-order valence-electron chi connectivity index (χ3n) is 3.83. The van der Waals surface area contributed by atoms with Crippen LogP contribution < -0.4 is 10.6 Å². The monoisotopic (exact) mass is 385 g/mol. The Hall–Kier alpha value is -2.63. The Morgan fingerprint density at radius 2 is 1.67 bits per heavy atom. The predicted molar refractivity (Wildman–Crippen MR) is 110 cm³/mol. The van der Waals surface area contributed by atoms with Gasteiger partial charge < -0.3 is 15.5 Å². The summed E-state index contributed by atoms with van der Waals surface area (Å²) in [4.78, 5) is 27.1. The largest absolute Gasteiger partial charge is 0.349 e. The highest BCUT2D eigenvalue weighted by molar-refractivity contribution is 6.30. The van der Waals surface area contributed by atoms with Crippen LogP contribution in [0.2, 0.25) is 5.02 Å². The first-order chi connectivity index (χ1) is 12.8. The normalized spacial score (nSPS) is 11.4. The molecule has 2 N–H and O–H groups in total. The molecule has 0 bridgehead atoms. The standard InChI is InChI=1S/C21H24ClN3O2/c1-15-4-8-17(9-5-15)20(26)24-19(21(27)23-12-13-25(2)3)14-16-6-10-18(22)11-7-16/h4-11,14H,12-13H2,1-3H3,(H,23,27)(H,24,26)/b19-14+. The van der Waals surface area contributed by atoms with Crippen molar-refractivity contribution in [3.05, 3.63) is 75.9 Å². The molecule has 0 saturated heterocycles. The SMILES string of the molecule is Cc1ccc(C(=O)N/C(=C/c2ccc(Cl)cc2)C(=O)NCCN(C)C)cc1. The minimum Gasteiger partial charge on any atom is -0.349 e. The molecule has 0 heterocycles. The van der Waals surface area contributed by atoms with E-state index in [1.54, 1.807) is 42.5 Å². The molecule has 0 aromatic heterocycles. The van der Waals surface area contributed by atoms with Crippen molar-refractivity contribution in [2.45, 2.75) is 6.92 Å². The predicted octanol–water partition coefficient (Wildman–Crippen LogP) is 3.10. The molecule has 6 heteroatoms. The number of benzene rings is 2. The van der Waals surface area contributed by atoms with E-state index < -0.39 is 0 Å². The van der Waals surface area contributed by atoms with E-state index in [1.807, 2.05) is 38.1 Å². The Morgan fingerprint density at radius 1 is 1.04 bits per heavy atom. The van der Waals surface area contributed by atoms with Crippen molar-refractivity contribution in [3.8, 4) is 0 Å². The zero-order valence-electron chi connectivity index (χ0n) is 15.8. The van der Waals surface area contributed by atoms with Gasteiger partial charge in [-0.25, -0.2) is 0 Å². The van der Waals surface area contributed by atoms with Crippen LogP contribution in [0, 0.1) is 6.92 Å². The number of carbonyl (C=O) groups excluding carboxylic acids is 2. The van der Waals surface area contributed by atoms with E-state index in [-0.39, 0.29) is 17.5 Å². The molecule has 0 aliphatic carbocycles. The lowest BCUT2D eigenvalue weighted by atomic mass is 10.1. The van der Waals surface area contributed by atoms with Gasteiger partial charge in [0.1, 0.15) is 5.70 Å². The Morgan fingerprint density at radius 3 is 2.26 bits per heavy atom. The molecule has 2 aromatic carbocycles. The number of nitrogens with one attached hydrogen (secondary N) is 2. The van der Waals surface area contributed by atoms with E-state index in [1.165, 1.54) is 0 Å². The van der Waals surface area contributed by atoms with Gasteiger partial charge in [-0.1, -0.05) is 41.4 Å². The van der Waals surface area contributed by atoms with Crippen LogP contribution in [0.4, 0.5) is 0 Å². The summed E-state index contributed by atoms with van der Waals surface area (Å²) in [5.41, 5.74) is 2.50. The number of nitrogens with zero attached hydrogens (tertiary/aromatic N) is 1. The summed E-state index contributed by atoms with van der Waals surface area (Å²) in [6.07, 6.45) is 1.63. The third kappa shape index (κ3) is 6.89. The van der Waals surface area contributed by atoms with E-state index in [9.17, 15) is 9.59 Å². The molecule has 0 spiro atoms. The summed E-state index contributed by atoms with van der Waals surface area (Å²) in [7, 11) is 3.85. The van der Waals surface area contributed by atoms with Crippen LogP contribution in [0.5, 0.6) is 0 Å². The van der Waals surface area contributed by atoms with Gasteiger partial charge in [-0.3, -0.25) is 9.59 Å². The Balaban J connectivity index is 2.20. The molecule has 0 radical (unpaired) electrons. The number of carbonyl (C=O) groups is 2. The zero-order chi connectivity index (χ0) is 19.8. The van der Waals surface area contributed by atoms with Gasteiger partial charge in [-0.2, -0.15) is 0 Å². The summed E-state index contributed by atoms with van der Waals surface area (Å²) < 4.78 is 0. The molecule has 2 aromatic rings. The van der Waals surface area contributed by atoms with E-state index in [4.69, 9.17) is 11.6 Å². The second-order valence-corrected chi connectivity index (χ2v) is 6.93. The summed E-state index contributed by atoms with van der Waals surface area (Å²) in [6.45, 7) is 3.13. The molecule has 0 aliphatic heterocycles. The smallest absolute Gasteiger partial charge is 0.267 e. The van der Waals surface area contributed by atoms with Crippen LogP contribution >= 0.6 is 11.6 Å². The van der Waals surface area contributed by atoms with Gasteiger partial charge in [0, 0.05) is 23.7 Å². The van der Waals surface area contributed by atoms with Gasteiger partial charge in [0.2, 0.25) is 0 Å². The summed E-state index contributed by atoms with van der Waals surface area (Å²) in [5, 5.41) is 6.14. The number of hydrogen-bond acceptors (Lipinski definition) is 3. The third-order valence-corrected chi connectivity index (χ3v) is 4.08. The second-order valence-electron chi connectivity index (χ2n) is 6.49. The lowest BCUT2D eigenvalue weighted by Gasteiger charge is -2.13. The van der Waals surface area contributed by atoms with Crippen molar-refractivity contribution in [1.82, 2.24) is 15.5 Å². The molecule has 27 heavy (non-hydrogen) atoms. The van der Waals surface area contributed by atoms with Gasteiger partial charge in [-0.05, 0) is 56.9 Å². The minimum atomic E-state index is -0.340. The maximum atomic E-state index is 12.6. The zero-order valence-corrected chi connectivity index (χ0v) is 16.5. The molecule has 0 fully saturated rings. The molecule has 5 nitrogen and oxygen atoms in total. The van der Waals surface area contributed by atoms with Crippen molar-refractivity contribution in [2.24, 2.45) is 0 Å². The highest BCUT2D eigenvalue weighted by atomic mass is 35.5. The number of amides is 2.